The molecule has 10 N–H and O–H groups in total. The fraction of sp³-hybridized carbons (Fsp3) is 0.351. The molecule has 55 heavy (non-hydrogen) atoms. The maximum atomic E-state index is 12.2. The Morgan fingerprint density at radius 2 is 1.55 bits per heavy atom. The van der Waals surface area contributed by atoms with E-state index in [-0.39, 0.29) is 39.9 Å². The molecule has 10 atom stereocenters. The van der Waals surface area contributed by atoms with Crippen LogP contribution in [0.1, 0.15) is 12.5 Å². The van der Waals surface area contributed by atoms with E-state index in [2.05, 4.69) is 0 Å². The van der Waals surface area contributed by atoms with Gasteiger partial charge in [0.25, 0.3) is 6.10 Å². The molecular weight excluding hydrogens is 732 g/mol. The lowest BCUT2D eigenvalue weighted by atomic mass is 9.98. The standard InChI is InChI=1S/C37H38O18/c1-15-28(43)31(46)32(47)36(51-15)50-14-26-30(45)35(55-27(42)8-5-16-3-6-18(38)7-4-16)33(48)37(54-26)53-25-13-20-21(40)11-19(39)12-23(20)52-34(25)17-9-22(41)29(44)24(10-17)49-2/h3-13,15,26,28,30-33,35-38,40-41,43-48H,14H2,1-2H3/p+1/t15-,26+,28-,30+,31+,32+,33+,35-,36+,37+/m0/s1. The molecule has 2 aromatic carbocycles. The Morgan fingerprint density at radius 1 is 0.818 bits per heavy atom. The molecule has 3 heterocycles. The van der Waals surface area contributed by atoms with Gasteiger partial charge in [-0.05, 0) is 48.9 Å². The number of benzene rings is 3. The Morgan fingerprint density at radius 3 is 2.25 bits per heavy atom. The molecule has 1 aliphatic carbocycles. The molecular formula is C37H39O18+. The average Bonchev–Trinajstić information content (AvgIpc) is 3.15. The van der Waals surface area contributed by atoms with E-state index < -0.39 is 96.7 Å². The molecule has 2 fully saturated rings. The number of carbonyl (C=O) groups excluding carboxylic acids is 1. The van der Waals surface area contributed by atoms with Crippen LogP contribution in [-0.2, 0) is 18.9 Å². The van der Waals surface area contributed by atoms with Crippen molar-refractivity contribution in [3.05, 3.63) is 76.5 Å². The summed E-state index contributed by atoms with van der Waals surface area (Å²) in [6.07, 6.45) is -13.5. The molecule has 294 valence electrons. The third-order valence-electron chi connectivity index (χ3n) is 9.03. The van der Waals surface area contributed by atoms with Crippen LogP contribution < -0.4 is 14.9 Å². The monoisotopic (exact) mass is 771 g/mol. The summed E-state index contributed by atoms with van der Waals surface area (Å²) in [7, 11) is 1.22. The number of hydrogen-bond donors (Lipinski definition) is 9. The van der Waals surface area contributed by atoms with Gasteiger partial charge >= 0.3 is 5.97 Å². The van der Waals surface area contributed by atoms with Gasteiger partial charge in [-0.15, -0.1) is 0 Å². The van der Waals surface area contributed by atoms with Crippen molar-refractivity contribution >= 4 is 12.0 Å². The molecule has 0 saturated carbocycles. The third-order valence-corrected chi connectivity index (χ3v) is 9.03. The molecule has 0 radical (unpaired) electrons. The zero-order valence-corrected chi connectivity index (χ0v) is 29.1. The summed E-state index contributed by atoms with van der Waals surface area (Å²) in [5, 5.41) is 94.6. The molecule has 4 aliphatic rings. The maximum Gasteiger partial charge on any atom is 0.510 e. The summed E-state index contributed by atoms with van der Waals surface area (Å²) in [4.78, 5) is 23.0. The van der Waals surface area contributed by atoms with Crippen LogP contribution in [0.5, 0.6) is 34.5 Å². The first-order chi connectivity index (χ1) is 26.1. The number of phenolic OH excluding ortho intramolecular Hbond substituents is 4. The number of fused-ring (bicyclic) bond motifs is 1. The van der Waals surface area contributed by atoms with E-state index >= 15 is 0 Å². The van der Waals surface area contributed by atoms with Gasteiger partial charge in [0.15, 0.2) is 40.8 Å². The Bertz CT molecular complexity index is 2040. The lowest BCUT2D eigenvalue weighted by Crippen LogP contribution is -2.62. The fourth-order valence-corrected chi connectivity index (χ4v) is 6.02. The van der Waals surface area contributed by atoms with Gasteiger partial charge in [0.1, 0.15) is 47.8 Å². The molecule has 3 aliphatic heterocycles. The van der Waals surface area contributed by atoms with Crippen molar-refractivity contribution in [1.29, 1.82) is 0 Å². The highest BCUT2D eigenvalue weighted by Crippen LogP contribution is 2.46. The minimum absolute atomic E-state index is 0.00901. The number of hydrogen-bond acceptors (Lipinski definition) is 17. The Labute approximate surface area is 311 Å². The van der Waals surface area contributed by atoms with Crippen molar-refractivity contribution in [2.75, 3.05) is 13.7 Å². The molecule has 6 rings (SSSR count). The molecule has 0 spiro atoms. The van der Waals surface area contributed by atoms with Crippen molar-refractivity contribution in [1.82, 2.24) is 0 Å². The highest BCUT2D eigenvalue weighted by Gasteiger charge is 2.53. The summed E-state index contributed by atoms with van der Waals surface area (Å²) in [5.41, 5.74) is -0.0873. The van der Waals surface area contributed by atoms with Crippen LogP contribution in [0.3, 0.4) is 0 Å². The molecule has 0 aromatic heterocycles. The highest BCUT2D eigenvalue weighted by atomic mass is 16.7. The fourth-order valence-electron chi connectivity index (χ4n) is 6.02. The maximum absolute atomic E-state index is 12.2. The minimum Gasteiger partial charge on any atom is -0.508 e. The molecule has 18 heteroatoms. The Kier molecular flexibility index (Phi) is 11.5. The van der Waals surface area contributed by atoms with Crippen LogP contribution in [0, 0.1) is 0 Å². The Balaban J connectivity index is 1.35. The van der Waals surface area contributed by atoms with E-state index in [9.17, 15) is 55.5 Å². The second kappa shape index (κ2) is 16.1. The van der Waals surface area contributed by atoms with Crippen molar-refractivity contribution in [2.24, 2.45) is 0 Å². The van der Waals surface area contributed by atoms with E-state index in [4.69, 9.17) is 32.8 Å². The summed E-state index contributed by atoms with van der Waals surface area (Å²) >= 11 is 0. The summed E-state index contributed by atoms with van der Waals surface area (Å²) in [6, 6.07) is 11.4. The molecule has 0 amide bonds. The SMILES string of the molecule is COc1cc(-c2oc3cc(=O)cc(O)c-3cc2O[C@@H]2O[C@H](CO[C@@H]3O[C@@H](C)[C@H](O)[C@@H](O)[C@H]3O)[C@@H](O)[C@H](OC(=[OH+])C=Cc3ccc(O)cc3)[C@H]2O)cc(O)c1O. The van der Waals surface area contributed by atoms with Gasteiger partial charge in [0.2, 0.25) is 12.0 Å². The second-order valence-electron chi connectivity index (χ2n) is 12.8. The number of ether oxygens (including phenoxy) is 6. The van der Waals surface area contributed by atoms with Gasteiger partial charge in [-0.1, -0.05) is 12.1 Å². The van der Waals surface area contributed by atoms with Crippen LogP contribution in [0.25, 0.3) is 28.7 Å². The van der Waals surface area contributed by atoms with Crippen LogP contribution in [0.15, 0.2) is 69.9 Å². The average molecular weight is 772 g/mol. The van der Waals surface area contributed by atoms with Gasteiger partial charge < -0.3 is 83.6 Å². The highest BCUT2D eigenvalue weighted by molar-refractivity contribution is 5.88. The summed E-state index contributed by atoms with van der Waals surface area (Å²) in [5.74, 6) is -3.34. The molecule has 0 bridgehead atoms. The minimum atomic E-state index is -1.92. The lowest BCUT2D eigenvalue weighted by molar-refractivity contribution is -0.317. The van der Waals surface area contributed by atoms with Crippen molar-refractivity contribution < 1.29 is 83.6 Å². The zero-order chi connectivity index (χ0) is 39.7. The first-order valence-electron chi connectivity index (χ1n) is 16.8. The van der Waals surface area contributed by atoms with E-state index in [1.807, 2.05) is 0 Å². The summed E-state index contributed by atoms with van der Waals surface area (Å²) in [6.45, 7) is 0.821. The van der Waals surface area contributed by atoms with Crippen molar-refractivity contribution in [3.63, 3.8) is 0 Å². The predicted molar refractivity (Wildman–Crippen MR) is 187 cm³/mol. The number of aromatic hydroxyl groups is 4. The topological polar surface area (TPSA) is 289 Å². The van der Waals surface area contributed by atoms with Gasteiger partial charge in [-0.3, -0.25) is 4.79 Å². The number of phenols is 4. The number of esters is 1. The third kappa shape index (κ3) is 8.31. The van der Waals surface area contributed by atoms with E-state index in [0.29, 0.717) is 5.56 Å². The normalized spacial score (nSPS) is 28.3. The van der Waals surface area contributed by atoms with E-state index in [1.54, 1.807) is 12.1 Å². The predicted octanol–water partition coefficient (Wildman–Crippen LogP) is 0.513. The molecule has 0 unspecified atom stereocenters. The van der Waals surface area contributed by atoms with Crippen LogP contribution in [0.4, 0.5) is 0 Å². The van der Waals surface area contributed by atoms with Crippen LogP contribution >= 0.6 is 0 Å². The Hall–Kier alpha value is -5.44. The largest absolute Gasteiger partial charge is 0.510 e. The second-order valence-corrected chi connectivity index (χ2v) is 12.8. The smallest absolute Gasteiger partial charge is 0.508 e. The first-order valence-corrected chi connectivity index (χ1v) is 16.8. The molecule has 18 nitrogen and oxygen atoms in total. The van der Waals surface area contributed by atoms with Crippen molar-refractivity contribution in [2.45, 2.75) is 68.3 Å². The first kappa shape index (κ1) is 39.3. The van der Waals surface area contributed by atoms with Crippen LogP contribution in [-0.4, -0.2) is 132 Å². The number of aliphatic hydroxyl groups is 5. The quantitative estimate of drug-likeness (QED) is 0.0459. The molecule has 2 aromatic rings. The van der Waals surface area contributed by atoms with E-state index in [0.717, 1.165) is 24.3 Å². The van der Waals surface area contributed by atoms with Gasteiger partial charge in [-0.25, -0.2) is 0 Å². The van der Waals surface area contributed by atoms with Crippen molar-refractivity contribution in [3.8, 4) is 57.1 Å². The zero-order valence-electron chi connectivity index (χ0n) is 29.1. The molecule has 2 saturated heterocycles. The van der Waals surface area contributed by atoms with Gasteiger partial charge in [0, 0.05) is 17.7 Å². The van der Waals surface area contributed by atoms with E-state index in [1.165, 1.54) is 44.4 Å². The number of aliphatic hydroxyl groups excluding tert-OH is 5. The van der Waals surface area contributed by atoms with Gasteiger partial charge in [0.05, 0.1) is 31.5 Å². The number of rotatable bonds is 10. The van der Waals surface area contributed by atoms with Gasteiger partial charge in [-0.2, -0.15) is 0 Å². The lowest BCUT2D eigenvalue weighted by Gasteiger charge is -2.41. The van der Waals surface area contributed by atoms with Crippen LogP contribution in [0.2, 0.25) is 0 Å². The summed E-state index contributed by atoms with van der Waals surface area (Å²) < 4.78 is 39.9. The number of methoxy groups -OCH3 is 1.